The summed E-state index contributed by atoms with van der Waals surface area (Å²) in [4.78, 5) is 12.5. The highest BCUT2D eigenvalue weighted by atomic mass is 16.6. The molecule has 7 nitrogen and oxygen atoms in total. The van der Waals surface area contributed by atoms with E-state index >= 15 is 0 Å². The van der Waals surface area contributed by atoms with Gasteiger partial charge in [-0.3, -0.25) is 19.7 Å². The van der Waals surface area contributed by atoms with E-state index in [-0.39, 0.29) is 12.2 Å². The van der Waals surface area contributed by atoms with Crippen molar-refractivity contribution in [2.24, 2.45) is 5.92 Å². The van der Waals surface area contributed by atoms with Gasteiger partial charge in [0.2, 0.25) is 0 Å². The van der Waals surface area contributed by atoms with Crippen LogP contribution >= 0.6 is 0 Å². The Morgan fingerprint density at radius 2 is 2.24 bits per heavy atom. The molecule has 0 aromatic carbocycles. The Bertz CT molecular complexity index is 475. The molecule has 2 heterocycles. The van der Waals surface area contributed by atoms with Gasteiger partial charge in [0.1, 0.15) is 12.4 Å². The van der Waals surface area contributed by atoms with Gasteiger partial charge < -0.3 is 5.11 Å². The van der Waals surface area contributed by atoms with Gasteiger partial charge in [-0.1, -0.05) is 20.3 Å². The molecule has 1 N–H and O–H groups in total. The van der Waals surface area contributed by atoms with Gasteiger partial charge in [0, 0.05) is 12.6 Å². The van der Waals surface area contributed by atoms with Crippen LogP contribution in [0.4, 0.5) is 5.69 Å². The minimum Gasteiger partial charge on any atom is -0.390 e. The SMILES string of the molecule is CC(C)C1CCCCN1CC(O)Cn1cc([N+](=O)[O-])cn1. The van der Waals surface area contributed by atoms with Gasteiger partial charge in [-0.05, 0) is 25.3 Å². The topological polar surface area (TPSA) is 84.4 Å². The molecule has 1 aromatic heterocycles. The molecule has 0 aliphatic carbocycles. The Morgan fingerprint density at radius 1 is 1.48 bits per heavy atom. The second-order valence-corrected chi connectivity index (χ2v) is 6.13. The molecule has 2 unspecified atom stereocenters. The maximum absolute atomic E-state index is 10.6. The number of aliphatic hydroxyl groups excluding tert-OH is 1. The minimum absolute atomic E-state index is 0.0415. The van der Waals surface area contributed by atoms with Crippen LogP contribution in [0.25, 0.3) is 0 Å². The number of rotatable bonds is 6. The van der Waals surface area contributed by atoms with Crippen LogP contribution in [0.1, 0.15) is 33.1 Å². The Balaban J connectivity index is 1.90. The van der Waals surface area contributed by atoms with Gasteiger partial charge >= 0.3 is 5.69 Å². The summed E-state index contributed by atoms with van der Waals surface area (Å²) in [6, 6.07) is 0.514. The molecule has 1 aromatic rings. The molecule has 2 rings (SSSR count). The Kier molecular flexibility index (Phi) is 5.30. The fourth-order valence-electron chi connectivity index (χ4n) is 3.09. The molecule has 0 radical (unpaired) electrons. The molecular formula is C14H24N4O3. The number of nitrogens with zero attached hydrogens (tertiary/aromatic N) is 4. The molecular weight excluding hydrogens is 272 g/mol. The number of likely N-dealkylation sites (tertiary alicyclic amines) is 1. The largest absolute Gasteiger partial charge is 0.390 e. The second kappa shape index (κ2) is 7.00. The summed E-state index contributed by atoms with van der Waals surface area (Å²) >= 11 is 0. The number of hydrogen-bond donors (Lipinski definition) is 1. The van der Waals surface area contributed by atoms with Crippen LogP contribution in [-0.2, 0) is 6.54 Å². The summed E-state index contributed by atoms with van der Waals surface area (Å²) in [5, 5.41) is 24.8. The van der Waals surface area contributed by atoms with Crippen LogP contribution in [0, 0.1) is 16.0 Å². The van der Waals surface area contributed by atoms with E-state index in [4.69, 9.17) is 0 Å². The highest BCUT2D eigenvalue weighted by Gasteiger charge is 2.26. The Labute approximate surface area is 124 Å². The summed E-state index contributed by atoms with van der Waals surface area (Å²) in [5.41, 5.74) is -0.0415. The van der Waals surface area contributed by atoms with Crippen LogP contribution in [0.5, 0.6) is 0 Å². The third-order valence-electron chi connectivity index (χ3n) is 4.11. The third kappa shape index (κ3) is 4.25. The van der Waals surface area contributed by atoms with Crippen molar-refractivity contribution in [3.8, 4) is 0 Å². The molecule has 1 fully saturated rings. The summed E-state index contributed by atoms with van der Waals surface area (Å²) in [6.45, 7) is 6.32. The first-order valence-corrected chi connectivity index (χ1v) is 7.56. The summed E-state index contributed by atoms with van der Waals surface area (Å²) in [5.74, 6) is 0.572. The van der Waals surface area contributed by atoms with Crippen molar-refractivity contribution in [2.75, 3.05) is 13.1 Å². The van der Waals surface area contributed by atoms with Crippen LogP contribution in [0.3, 0.4) is 0 Å². The van der Waals surface area contributed by atoms with Crippen LogP contribution in [0.15, 0.2) is 12.4 Å². The highest BCUT2D eigenvalue weighted by Crippen LogP contribution is 2.23. The zero-order valence-corrected chi connectivity index (χ0v) is 12.7. The van der Waals surface area contributed by atoms with Gasteiger partial charge in [0.05, 0.1) is 17.6 Å². The third-order valence-corrected chi connectivity index (χ3v) is 4.11. The number of aromatic nitrogens is 2. The normalized spacial score (nSPS) is 21.6. The van der Waals surface area contributed by atoms with E-state index in [9.17, 15) is 15.2 Å². The summed E-state index contributed by atoms with van der Waals surface area (Å²) < 4.78 is 1.44. The molecule has 1 saturated heterocycles. The first-order valence-electron chi connectivity index (χ1n) is 7.56. The molecule has 1 aliphatic heterocycles. The van der Waals surface area contributed by atoms with Crippen molar-refractivity contribution in [1.82, 2.24) is 14.7 Å². The van der Waals surface area contributed by atoms with Gasteiger partial charge in [-0.2, -0.15) is 5.10 Å². The average molecular weight is 296 g/mol. The highest BCUT2D eigenvalue weighted by molar-refractivity contribution is 5.20. The zero-order valence-electron chi connectivity index (χ0n) is 12.7. The predicted molar refractivity (Wildman–Crippen MR) is 78.9 cm³/mol. The van der Waals surface area contributed by atoms with E-state index in [1.165, 1.54) is 36.3 Å². The number of β-amino-alcohol motifs (C(OH)–C–C–N with tert-alkyl or cyclic N) is 1. The lowest BCUT2D eigenvalue weighted by molar-refractivity contribution is -0.385. The summed E-state index contributed by atoms with van der Waals surface area (Å²) in [6.07, 6.45) is 5.61. The first kappa shape index (κ1) is 15.9. The zero-order chi connectivity index (χ0) is 15.4. The molecule has 1 aliphatic rings. The van der Waals surface area contributed by atoms with Crippen molar-refractivity contribution in [2.45, 2.75) is 51.8 Å². The lowest BCUT2D eigenvalue weighted by Gasteiger charge is -2.39. The predicted octanol–water partition coefficient (Wildman–Crippen LogP) is 1.66. The van der Waals surface area contributed by atoms with E-state index < -0.39 is 11.0 Å². The van der Waals surface area contributed by atoms with Crippen molar-refractivity contribution in [3.63, 3.8) is 0 Å². The quantitative estimate of drug-likeness (QED) is 0.637. The van der Waals surface area contributed by atoms with Gasteiger partial charge in [0.15, 0.2) is 0 Å². The van der Waals surface area contributed by atoms with E-state index in [0.29, 0.717) is 18.5 Å². The fraction of sp³-hybridized carbons (Fsp3) is 0.786. The molecule has 7 heteroatoms. The standard InChI is InChI=1S/C14H24N4O3/c1-11(2)14-5-3-4-6-16(14)9-13(19)10-17-8-12(7-15-17)18(20)21/h7-8,11,13-14,19H,3-6,9-10H2,1-2H3. The van der Waals surface area contributed by atoms with E-state index in [1.54, 1.807) is 0 Å². The van der Waals surface area contributed by atoms with Gasteiger partial charge in [0.25, 0.3) is 0 Å². The minimum atomic E-state index is -0.566. The first-order chi connectivity index (χ1) is 9.97. The average Bonchev–Trinajstić information content (AvgIpc) is 2.87. The molecule has 0 saturated carbocycles. The van der Waals surface area contributed by atoms with E-state index in [0.717, 1.165) is 6.54 Å². The molecule has 2 atom stereocenters. The maximum atomic E-state index is 10.6. The number of piperidine rings is 1. The number of nitro groups is 1. The lowest BCUT2D eigenvalue weighted by atomic mass is 9.92. The lowest BCUT2D eigenvalue weighted by Crippen LogP contribution is -2.46. The van der Waals surface area contributed by atoms with Crippen molar-refractivity contribution < 1.29 is 10.0 Å². The van der Waals surface area contributed by atoms with Crippen molar-refractivity contribution in [1.29, 1.82) is 0 Å². The van der Waals surface area contributed by atoms with E-state index in [2.05, 4.69) is 23.8 Å². The summed E-state index contributed by atoms with van der Waals surface area (Å²) in [7, 11) is 0. The Hall–Kier alpha value is -1.47. The van der Waals surface area contributed by atoms with Crippen LogP contribution in [0.2, 0.25) is 0 Å². The number of aliphatic hydroxyl groups is 1. The Morgan fingerprint density at radius 3 is 2.86 bits per heavy atom. The second-order valence-electron chi connectivity index (χ2n) is 6.13. The smallest absolute Gasteiger partial charge is 0.306 e. The molecule has 0 bridgehead atoms. The van der Waals surface area contributed by atoms with Gasteiger partial charge in [-0.15, -0.1) is 0 Å². The molecule has 21 heavy (non-hydrogen) atoms. The van der Waals surface area contributed by atoms with E-state index in [1.807, 2.05) is 0 Å². The molecule has 118 valence electrons. The van der Waals surface area contributed by atoms with Crippen molar-refractivity contribution in [3.05, 3.63) is 22.5 Å². The molecule has 0 spiro atoms. The van der Waals surface area contributed by atoms with Crippen LogP contribution in [-0.4, -0.2) is 49.9 Å². The van der Waals surface area contributed by atoms with Crippen LogP contribution < -0.4 is 0 Å². The van der Waals surface area contributed by atoms with Crippen molar-refractivity contribution >= 4 is 5.69 Å². The monoisotopic (exact) mass is 296 g/mol. The fourth-order valence-corrected chi connectivity index (χ4v) is 3.09. The number of hydrogen-bond acceptors (Lipinski definition) is 5. The molecule has 0 amide bonds. The van der Waals surface area contributed by atoms with Gasteiger partial charge in [-0.25, -0.2) is 0 Å². The maximum Gasteiger partial charge on any atom is 0.306 e.